The van der Waals surface area contributed by atoms with Crippen LogP contribution in [0, 0.1) is 5.82 Å². The fourth-order valence-corrected chi connectivity index (χ4v) is 1.98. The molecule has 0 heterocycles. The lowest BCUT2D eigenvalue weighted by atomic mass is 9.93. The van der Waals surface area contributed by atoms with E-state index < -0.39 is 23.4 Å². The minimum Gasteiger partial charge on any atom is -0.480 e. The number of halogens is 2. The van der Waals surface area contributed by atoms with E-state index in [1.54, 1.807) is 13.8 Å². The van der Waals surface area contributed by atoms with Gasteiger partial charge in [-0.2, -0.15) is 0 Å². The number of aliphatic carboxylic acids is 1. The van der Waals surface area contributed by atoms with Gasteiger partial charge in [-0.05, 0) is 47.0 Å². The highest BCUT2D eigenvalue weighted by Crippen LogP contribution is 2.20. The van der Waals surface area contributed by atoms with Gasteiger partial charge in [-0.15, -0.1) is 0 Å². The quantitative estimate of drug-likeness (QED) is 0.764. The molecule has 0 saturated heterocycles. The average molecular weight is 347 g/mol. The maximum absolute atomic E-state index is 13.3. The minimum atomic E-state index is -1.32. The third kappa shape index (κ3) is 3.69. The zero-order valence-electron chi connectivity index (χ0n) is 11.2. The predicted molar refractivity (Wildman–Crippen MR) is 77.2 cm³/mol. The minimum absolute atomic E-state index is 0.245. The number of nitrogens with one attached hydrogen (secondary N) is 2. The number of benzene rings is 1. The van der Waals surface area contributed by atoms with Gasteiger partial charge in [0, 0.05) is 5.69 Å². The van der Waals surface area contributed by atoms with Gasteiger partial charge in [-0.1, -0.05) is 13.8 Å². The molecule has 1 rings (SSSR count). The Balaban J connectivity index is 2.80. The van der Waals surface area contributed by atoms with Crippen molar-refractivity contribution < 1.29 is 19.1 Å². The van der Waals surface area contributed by atoms with E-state index in [9.17, 15) is 19.1 Å². The van der Waals surface area contributed by atoms with E-state index in [2.05, 4.69) is 26.6 Å². The van der Waals surface area contributed by atoms with Crippen LogP contribution in [0.3, 0.4) is 0 Å². The average Bonchev–Trinajstić information content (AvgIpc) is 2.40. The van der Waals surface area contributed by atoms with Crippen molar-refractivity contribution in [2.24, 2.45) is 0 Å². The van der Waals surface area contributed by atoms with Crippen molar-refractivity contribution in [1.82, 2.24) is 5.32 Å². The van der Waals surface area contributed by atoms with Gasteiger partial charge in [-0.3, -0.25) is 0 Å². The molecule has 0 fully saturated rings. The van der Waals surface area contributed by atoms with Gasteiger partial charge in [0.05, 0.1) is 4.47 Å². The molecule has 110 valence electrons. The van der Waals surface area contributed by atoms with Crippen molar-refractivity contribution in [2.45, 2.75) is 32.2 Å². The molecule has 0 aliphatic rings. The number of rotatable bonds is 5. The van der Waals surface area contributed by atoms with Gasteiger partial charge in [0.25, 0.3) is 0 Å². The Hall–Kier alpha value is -1.63. The van der Waals surface area contributed by atoms with E-state index >= 15 is 0 Å². The van der Waals surface area contributed by atoms with Gasteiger partial charge >= 0.3 is 12.0 Å². The molecule has 0 aliphatic heterocycles. The van der Waals surface area contributed by atoms with Crippen molar-refractivity contribution in [3.63, 3.8) is 0 Å². The zero-order valence-corrected chi connectivity index (χ0v) is 12.8. The summed E-state index contributed by atoms with van der Waals surface area (Å²) >= 11 is 3.00. The van der Waals surface area contributed by atoms with Gasteiger partial charge in [-0.25, -0.2) is 14.0 Å². The first-order valence-corrected chi connectivity index (χ1v) is 6.91. The summed E-state index contributed by atoms with van der Waals surface area (Å²) in [7, 11) is 0. The maximum Gasteiger partial charge on any atom is 0.329 e. The smallest absolute Gasteiger partial charge is 0.329 e. The predicted octanol–water partition coefficient (Wildman–Crippen LogP) is 3.35. The fourth-order valence-electron chi connectivity index (χ4n) is 1.74. The van der Waals surface area contributed by atoms with Crippen LogP contribution in [0.5, 0.6) is 0 Å². The topological polar surface area (TPSA) is 78.4 Å². The number of hydrogen-bond acceptors (Lipinski definition) is 2. The summed E-state index contributed by atoms with van der Waals surface area (Å²) in [5.74, 6) is -1.61. The van der Waals surface area contributed by atoms with Crippen LogP contribution in [0.1, 0.15) is 26.7 Å². The number of hydrogen-bond donors (Lipinski definition) is 3. The van der Waals surface area contributed by atoms with E-state index in [0.717, 1.165) is 6.07 Å². The summed E-state index contributed by atoms with van der Waals surface area (Å²) < 4.78 is 13.6. The molecule has 0 aromatic heterocycles. The first-order valence-electron chi connectivity index (χ1n) is 6.12. The molecule has 0 bridgehead atoms. The van der Waals surface area contributed by atoms with Crippen LogP contribution >= 0.6 is 15.9 Å². The normalized spacial score (nSPS) is 11.0. The Kier molecular flexibility index (Phi) is 5.50. The second-order valence-electron chi connectivity index (χ2n) is 4.30. The summed E-state index contributed by atoms with van der Waals surface area (Å²) in [6, 6.07) is 3.42. The van der Waals surface area contributed by atoms with Gasteiger partial charge in [0.2, 0.25) is 0 Å². The lowest BCUT2D eigenvalue weighted by Crippen LogP contribution is -2.54. The summed E-state index contributed by atoms with van der Waals surface area (Å²) in [4.78, 5) is 23.1. The van der Waals surface area contributed by atoms with E-state index in [1.165, 1.54) is 12.1 Å². The Labute approximate surface area is 124 Å². The van der Waals surface area contributed by atoms with Crippen LogP contribution in [-0.2, 0) is 4.79 Å². The largest absolute Gasteiger partial charge is 0.480 e. The van der Waals surface area contributed by atoms with E-state index in [-0.39, 0.29) is 23.0 Å². The molecule has 20 heavy (non-hydrogen) atoms. The second kappa shape index (κ2) is 6.69. The van der Waals surface area contributed by atoms with Crippen LogP contribution in [0.4, 0.5) is 14.9 Å². The van der Waals surface area contributed by atoms with Crippen LogP contribution in [0.15, 0.2) is 22.7 Å². The van der Waals surface area contributed by atoms with Crippen molar-refractivity contribution >= 4 is 33.6 Å². The molecule has 2 amide bonds. The van der Waals surface area contributed by atoms with Crippen LogP contribution in [-0.4, -0.2) is 22.6 Å². The van der Waals surface area contributed by atoms with Crippen LogP contribution in [0.2, 0.25) is 0 Å². The lowest BCUT2D eigenvalue weighted by Gasteiger charge is -2.28. The molecule has 0 unspecified atom stereocenters. The molecule has 0 aliphatic carbocycles. The summed E-state index contributed by atoms with van der Waals surface area (Å²) in [5.41, 5.74) is -1.08. The first kappa shape index (κ1) is 16.4. The molecular formula is C13H16BrFN2O3. The standard InChI is InChI=1S/C13H16BrFN2O3/c1-3-13(4-2,11(18)19)17-12(20)16-8-5-6-9(14)10(15)7-8/h5-7H,3-4H2,1-2H3,(H,18,19)(H2,16,17,20). The molecule has 0 atom stereocenters. The van der Waals surface area contributed by atoms with E-state index in [4.69, 9.17) is 0 Å². The number of carbonyl (C=O) groups is 2. The van der Waals surface area contributed by atoms with E-state index in [0.29, 0.717) is 0 Å². The maximum atomic E-state index is 13.3. The molecule has 5 nitrogen and oxygen atoms in total. The summed E-state index contributed by atoms with van der Waals surface area (Å²) in [6.07, 6.45) is 0.502. The Morgan fingerprint density at radius 3 is 2.40 bits per heavy atom. The number of carboxylic acid groups (broad SMARTS) is 1. The second-order valence-corrected chi connectivity index (χ2v) is 5.16. The zero-order chi connectivity index (χ0) is 15.3. The van der Waals surface area contributed by atoms with Gasteiger partial charge in [0.15, 0.2) is 0 Å². The lowest BCUT2D eigenvalue weighted by molar-refractivity contribution is -0.144. The molecule has 1 aromatic carbocycles. The molecule has 7 heteroatoms. The summed E-state index contributed by atoms with van der Waals surface area (Å²) in [5, 5.41) is 14.1. The van der Waals surface area contributed by atoms with E-state index in [1.807, 2.05) is 0 Å². The van der Waals surface area contributed by atoms with Crippen molar-refractivity contribution in [3.05, 3.63) is 28.5 Å². The highest BCUT2D eigenvalue weighted by Gasteiger charge is 2.36. The number of anilines is 1. The number of urea groups is 1. The summed E-state index contributed by atoms with van der Waals surface area (Å²) in [6.45, 7) is 3.36. The Morgan fingerprint density at radius 2 is 1.95 bits per heavy atom. The van der Waals surface area contributed by atoms with Crippen molar-refractivity contribution in [3.8, 4) is 0 Å². The third-order valence-corrected chi connectivity index (χ3v) is 3.79. The van der Waals surface area contributed by atoms with Crippen molar-refractivity contribution in [2.75, 3.05) is 5.32 Å². The SMILES string of the molecule is CCC(CC)(NC(=O)Nc1ccc(Br)c(F)c1)C(=O)O. The van der Waals surface area contributed by atoms with Gasteiger partial charge < -0.3 is 15.7 Å². The fraction of sp³-hybridized carbons (Fsp3) is 0.385. The molecule has 0 saturated carbocycles. The Morgan fingerprint density at radius 1 is 1.35 bits per heavy atom. The molecule has 0 spiro atoms. The van der Waals surface area contributed by atoms with Crippen molar-refractivity contribution in [1.29, 1.82) is 0 Å². The molecular weight excluding hydrogens is 331 g/mol. The number of amides is 2. The first-order chi connectivity index (χ1) is 9.34. The molecule has 1 aromatic rings. The Bertz CT molecular complexity index is 518. The molecule has 0 radical (unpaired) electrons. The monoisotopic (exact) mass is 346 g/mol. The molecule has 3 N–H and O–H groups in total. The highest BCUT2D eigenvalue weighted by atomic mass is 79.9. The number of carboxylic acids is 1. The van der Waals surface area contributed by atoms with Crippen LogP contribution in [0.25, 0.3) is 0 Å². The van der Waals surface area contributed by atoms with Crippen LogP contribution < -0.4 is 10.6 Å². The third-order valence-electron chi connectivity index (χ3n) is 3.15. The van der Waals surface area contributed by atoms with Gasteiger partial charge in [0.1, 0.15) is 11.4 Å². The number of carbonyl (C=O) groups excluding carboxylic acids is 1. The highest BCUT2D eigenvalue weighted by molar-refractivity contribution is 9.10.